The largest absolute Gasteiger partial charge is 0.372 e. The third-order valence-electron chi connectivity index (χ3n) is 2.58. The number of amides is 1. The molecule has 2 rings (SSSR count). The SMILES string of the molecule is CC(C)C1Nc2cc(F)c(I)cc2NC1=O. The number of hydrogen-bond acceptors (Lipinski definition) is 2. The van der Waals surface area contributed by atoms with Crippen molar-refractivity contribution in [3.63, 3.8) is 0 Å². The number of nitrogens with one attached hydrogen (secondary N) is 2. The standard InChI is InChI=1S/C11H12FIN2O/c1-5(2)10-11(16)15-9-4-7(13)6(12)3-8(9)14-10/h3-5,10,14H,1-2H3,(H,15,16). The third kappa shape index (κ3) is 2.00. The van der Waals surface area contributed by atoms with Crippen molar-refractivity contribution in [3.05, 3.63) is 21.5 Å². The molecule has 1 aliphatic rings. The lowest BCUT2D eigenvalue weighted by molar-refractivity contribution is -0.117. The van der Waals surface area contributed by atoms with Gasteiger partial charge in [-0.3, -0.25) is 4.79 Å². The summed E-state index contributed by atoms with van der Waals surface area (Å²) < 4.78 is 13.9. The first kappa shape index (κ1) is 11.6. The van der Waals surface area contributed by atoms with E-state index in [9.17, 15) is 9.18 Å². The number of carbonyl (C=O) groups is 1. The van der Waals surface area contributed by atoms with Gasteiger partial charge < -0.3 is 10.6 Å². The Hall–Kier alpha value is -0.850. The van der Waals surface area contributed by atoms with Crippen molar-refractivity contribution < 1.29 is 9.18 Å². The molecule has 0 bridgehead atoms. The molecule has 0 spiro atoms. The van der Waals surface area contributed by atoms with Crippen LogP contribution in [0.5, 0.6) is 0 Å². The molecule has 3 nitrogen and oxygen atoms in total. The van der Waals surface area contributed by atoms with Gasteiger partial charge in [0.2, 0.25) is 5.91 Å². The van der Waals surface area contributed by atoms with Crippen molar-refractivity contribution in [2.24, 2.45) is 5.92 Å². The van der Waals surface area contributed by atoms with Gasteiger partial charge >= 0.3 is 0 Å². The Balaban J connectivity index is 2.39. The number of benzene rings is 1. The van der Waals surface area contributed by atoms with Crippen molar-refractivity contribution in [2.75, 3.05) is 10.6 Å². The Morgan fingerprint density at radius 1 is 1.38 bits per heavy atom. The number of rotatable bonds is 1. The normalized spacial score (nSPS) is 19.1. The van der Waals surface area contributed by atoms with E-state index in [1.54, 1.807) is 6.07 Å². The van der Waals surface area contributed by atoms with Gasteiger partial charge in [-0.2, -0.15) is 0 Å². The molecule has 1 unspecified atom stereocenters. The lowest BCUT2D eigenvalue weighted by Gasteiger charge is -2.29. The number of carbonyl (C=O) groups excluding carboxylic acids is 1. The molecule has 5 heteroatoms. The van der Waals surface area contributed by atoms with Crippen LogP contribution in [0.25, 0.3) is 0 Å². The zero-order valence-corrected chi connectivity index (χ0v) is 11.1. The average molecular weight is 334 g/mol. The van der Waals surface area contributed by atoms with Crippen LogP contribution in [0.2, 0.25) is 0 Å². The summed E-state index contributed by atoms with van der Waals surface area (Å²) in [5.74, 6) is -0.175. The van der Waals surface area contributed by atoms with E-state index in [0.717, 1.165) is 0 Å². The fraction of sp³-hybridized carbons (Fsp3) is 0.364. The highest BCUT2D eigenvalue weighted by molar-refractivity contribution is 14.1. The fourth-order valence-electron chi connectivity index (χ4n) is 1.68. The topological polar surface area (TPSA) is 41.1 Å². The number of anilines is 2. The Morgan fingerprint density at radius 2 is 2.06 bits per heavy atom. The maximum atomic E-state index is 13.4. The van der Waals surface area contributed by atoms with E-state index < -0.39 is 0 Å². The average Bonchev–Trinajstić information content (AvgIpc) is 2.19. The summed E-state index contributed by atoms with van der Waals surface area (Å²) in [4.78, 5) is 11.7. The molecule has 86 valence electrons. The van der Waals surface area contributed by atoms with Gasteiger partial charge in [-0.15, -0.1) is 0 Å². The molecule has 1 heterocycles. The van der Waals surface area contributed by atoms with Crippen LogP contribution in [0.15, 0.2) is 12.1 Å². The molecule has 16 heavy (non-hydrogen) atoms. The van der Waals surface area contributed by atoms with Gasteiger partial charge in [0.1, 0.15) is 11.9 Å². The van der Waals surface area contributed by atoms with E-state index in [1.807, 2.05) is 36.4 Å². The van der Waals surface area contributed by atoms with Gasteiger partial charge in [0, 0.05) is 6.07 Å². The van der Waals surface area contributed by atoms with Gasteiger partial charge in [0.15, 0.2) is 0 Å². The van der Waals surface area contributed by atoms with Crippen LogP contribution >= 0.6 is 22.6 Å². The van der Waals surface area contributed by atoms with Crippen molar-refractivity contribution in [3.8, 4) is 0 Å². The van der Waals surface area contributed by atoms with Crippen LogP contribution in [-0.4, -0.2) is 11.9 Å². The first-order valence-corrected chi connectivity index (χ1v) is 6.13. The van der Waals surface area contributed by atoms with Crippen LogP contribution in [-0.2, 0) is 4.79 Å². The van der Waals surface area contributed by atoms with E-state index in [4.69, 9.17) is 0 Å². The molecule has 0 aromatic heterocycles. The summed E-state index contributed by atoms with van der Waals surface area (Å²) in [6, 6.07) is 2.76. The van der Waals surface area contributed by atoms with Crippen LogP contribution < -0.4 is 10.6 Å². The maximum absolute atomic E-state index is 13.4. The molecule has 0 aliphatic carbocycles. The number of fused-ring (bicyclic) bond motifs is 1. The molecule has 1 amide bonds. The van der Waals surface area contributed by atoms with Gasteiger partial charge in [0.25, 0.3) is 0 Å². The van der Waals surface area contributed by atoms with Gasteiger partial charge in [0.05, 0.1) is 14.9 Å². The predicted octanol–water partition coefficient (Wildman–Crippen LogP) is 2.82. The quantitative estimate of drug-likeness (QED) is 0.776. The third-order valence-corrected chi connectivity index (χ3v) is 3.41. The van der Waals surface area contributed by atoms with Crippen LogP contribution in [0.4, 0.5) is 15.8 Å². The molecule has 0 radical (unpaired) electrons. The minimum Gasteiger partial charge on any atom is -0.372 e. The summed E-state index contributed by atoms with van der Waals surface area (Å²) in [6.45, 7) is 3.90. The second-order valence-electron chi connectivity index (χ2n) is 4.17. The molecule has 0 saturated heterocycles. The molecule has 1 aliphatic heterocycles. The fourth-order valence-corrected chi connectivity index (χ4v) is 2.15. The first-order chi connectivity index (χ1) is 7.49. The van der Waals surface area contributed by atoms with E-state index in [2.05, 4.69) is 10.6 Å². The smallest absolute Gasteiger partial charge is 0.247 e. The van der Waals surface area contributed by atoms with Crippen molar-refractivity contribution in [1.29, 1.82) is 0 Å². The lowest BCUT2D eigenvalue weighted by atomic mass is 10.0. The minimum atomic E-state index is -0.299. The Labute approximate surface area is 107 Å². The lowest BCUT2D eigenvalue weighted by Crippen LogP contribution is -2.42. The van der Waals surface area contributed by atoms with Gasteiger partial charge in [-0.25, -0.2) is 4.39 Å². The van der Waals surface area contributed by atoms with Crippen molar-refractivity contribution in [2.45, 2.75) is 19.9 Å². The maximum Gasteiger partial charge on any atom is 0.247 e. The molecule has 1 atom stereocenters. The van der Waals surface area contributed by atoms with E-state index in [1.165, 1.54) is 6.07 Å². The molecule has 0 fully saturated rings. The second kappa shape index (κ2) is 4.20. The van der Waals surface area contributed by atoms with Crippen LogP contribution in [0, 0.1) is 15.3 Å². The van der Waals surface area contributed by atoms with Gasteiger partial charge in [-0.05, 0) is 34.6 Å². The molecule has 2 N–H and O–H groups in total. The second-order valence-corrected chi connectivity index (χ2v) is 5.33. The summed E-state index contributed by atoms with van der Waals surface area (Å²) in [7, 11) is 0. The molecule has 1 aromatic rings. The Bertz CT molecular complexity index is 448. The van der Waals surface area contributed by atoms with Crippen LogP contribution in [0.3, 0.4) is 0 Å². The summed E-state index contributed by atoms with van der Waals surface area (Å²) in [6.07, 6.45) is 0. The monoisotopic (exact) mass is 334 g/mol. The highest BCUT2D eigenvalue weighted by atomic mass is 127. The summed E-state index contributed by atoms with van der Waals surface area (Å²) in [5, 5.41) is 5.85. The molecular weight excluding hydrogens is 322 g/mol. The highest BCUT2D eigenvalue weighted by Crippen LogP contribution is 2.31. The highest BCUT2D eigenvalue weighted by Gasteiger charge is 2.28. The summed E-state index contributed by atoms with van der Waals surface area (Å²) in [5.41, 5.74) is 1.30. The molecule has 1 aromatic carbocycles. The van der Waals surface area contributed by atoms with Crippen LogP contribution in [0.1, 0.15) is 13.8 Å². The summed E-state index contributed by atoms with van der Waals surface area (Å²) >= 11 is 1.90. The first-order valence-electron chi connectivity index (χ1n) is 5.05. The zero-order chi connectivity index (χ0) is 11.9. The van der Waals surface area contributed by atoms with Crippen molar-refractivity contribution >= 4 is 39.9 Å². The predicted molar refractivity (Wildman–Crippen MR) is 70.0 cm³/mol. The Kier molecular flexibility index (Phi) is 3.05. The van der Waals surface area contributed by atoms with Gasteiger partial charge in [-0.1, -0.05) is 13.8 Å². The Morgan fingerprint density at radius 3 is 2.69 bits per heavy atom. The van der Waals surface area contributed by atoms with E-state index in [-0.39, 0.29) is 23.7 Å². The number of hydrogen-bond donors (Lipinski definition) is 2. The van der Waals surface area contributed by atoms with E-state index in [0.29, 0.717) is 14.9 Å². The minimum absolute atomic E-state index is 0.0649. The molecule has 0 saturated carbocycles. The van der Waals surface area contributed by atoms with Crippen molar-refractivity contribution in [1.82, 2.24) is 0 Å². The molecular formula is C11H12FIN2O. The number of halogens is 2. The zero-order valence-electron chi connectivity index (χ0n) is 8.97. The van der Waals surface area contributed by atoms with E-state index >= 15 is 0 Å².